The number of nitrogens with zero attached hydrogens (tertiary/aromatic N) is 3. The Morgan fingerprint density at radius 3 is 2.55 bits per heavy atom. The Bertz CT molecular complexity index is 584. The molecule has 6 nitrogen and oxygen atoms in total. The number of likely N-dealkylation sites (tertiary alicyclic amines) is 1. The molecule has 1 aromatic carbocycles. The van der Waals surface area contributed by atoms with Crippen LogP contribution in [0.25, 0.3) is 0 Å². The van der Waals surface area contributed by atoms with Crippen LogP contribution >= 0.6 is 0 Å². The number of piperidine rings is 1. The van der Waals surface area contributed by atoms with Crippen LogP contribution in [0, 0.1) is 5.92 Å². The number of nitrogens with one attached hydrogen (secondary N) is 1. The van der Waals surface area contributed by atoms with Gasteiger partial charge in [0.2, 0.25) is 5.91 Å². The minimum Gasteiger partial charge on any atom is -0.379 e. The van der Waals surface area contributed by atoms with Crippen molar-refractivity contribution in [2.24, 2.45) is 5.92 Å². The van der Waals surface area contributed by atoms with E-state index in [1.807, 2.05) is 6.07 Å². The molecule has 2 saturated heterocycles. The highest BCUT2D eigenvalue weighted by atomic mass is 16.5. The number of para-hydroxylation sites is 1. The molecular weight excluding hydrogens is 364 g/mol. The van der Waals surface area contributed by atoms with Crippen molar-refractivity contribution in [3.63, 3.8) is 0 Å². The maximum Gasteiger partial charge on any atom is 0.234 e. The lowest BCUT2D eigenvalue weighted by atomic mass is 9.93. The van der Waals surface area contributed by atoms with Gasteiger partial charge in [0.05, 0.1) is 19.8 Å². The lowest BCUT2D eigenvalue weighted by molar-refractivity contribution is -0.122. The maximum atomic E-state index is 12.3. The van der Waals surface area contributed by atoms with Crippen LogP contribution < -0.4 is 10.2 Å². The molecular formula is C23H38N4O2. The molecule has 0 bridgehead atoms. The van der Waals surface area contributed by atoms with Crippen molar-refractivity contribution in [1.82, 2.24) is 15.1 Å². The Balaban J connectivity index is 1.22. The van der Waals surface area contributed by atoms with Crippen molar-refractivity contribution in [1.29, 1.82) is 0 Å². The lowest BCUT2D eigenvalue weighted by Gasteiger charge is -2.33. The minimum absolute atomic E-state index is 0.166. The van der Waals surface area contributed by atoms with E-state index in [2.05, 4.69) is 51.3 Å². The van der Waals surface area contributed by atoms with E-state index in [-0.39, 0.29) is 5.91 Å². The Hall–Kier alpha value is -1.63. The molecule has 1 N–H and O–H groups in total. The zero-order valence-corrected chi connectivity index (χ0v) is 18.0. The molecule has 0 spiro atoms. The topological polar surface area (TPSA) is 48.1 Å². The van der Waals surface area contributed by atoms with Crippen molar-refractivity contribution in [3.8, 4) is 0 Å². The number of amides is 1. The smallest absolute Gasteiger partial charge is 0.234 e. The summed E-state index contributed by atoms with van der Waals surface area (Å²) in [4.78, 5) is 19.3. The van der Waals surface area contributed by atoms with Gasteiger partial charge in [-0.1, -0.05) is 18.2 Å². The highest BCUT2D eigenvalue weighted by molar-refractivity contribution is 5.77. The van der Waals surface area contributed by atoms with Gasteiger partial charge >= 0.3 is 0 Å². The summed E-state index contributed by atoms with van der Waals surface area (Å²) in [6, 6.07) is 10.4. The number of benzene rings is 1. The molecule has 2 aliphatic heterocycles. The number of ether oxygens (including phenoxy) is 1. The van der Waals surface area contributed by atoms with Gasteiger partial charge in [-0.15, -0.1) is 0 Å². The molecule has 0 aliphatic carbocycles. The SMILES string of the molecule is CN(CCCNC(=O)CN1CCC(CCN2CCOCC2)CC1)c1ccccc1. The summed E-state index contributed by atoms with van der Waals surface area (Å²) < 4.78 is 5.42. The van der Waals surface area contributed by atoms with Gasteiger partial charge < -0.3 is 15.0 Å². The third-order valence-electron chi connectivity index (χ3n) is 6.22. The van der Waals surface area contributed by atoms with E-state index in [1.165, 1.54) is 31.5 Å². The fourth-order valence-corrected chi connectivity index (χ4v) is 4.24. The Kier molecular flexibility index (Phi) is 9.25. The van der Waals surface area contributed by atoms with Gasteiger partial charge in [-0.25, -0.2) is 0 Å². The first-order valence-electron chi connectivity index (χ1n) is 11.3. The predicted molar refractivity (Wildman–Crippen MR) is 118 cm³/mol. The first-order chi connectivity index (χ1) is 14.2. The van der Waals surface area contributed by atoms with Crippen molar-refractivity contribution >= 4 is 11.6 Å². The number of anilines is 1. The number of rotatable bonds is 10. The number of morpholine rings is 1. The Morgan fingerprint density at radius 1 is 1.10 bits per heavy atom. The minimum atomic E-state index is 0.166. The van der Waals surface area contributed by atoms with E-state index in [1.54, 1.807) is 0 Å². The Labute approximate surface area is 176 Å². The highest BCUT2D eigenvalue weighted by Crippen LogP contribution is 2.21. The first kappa shape index (κ1) is 22.1. The lowest BCUT2D eigenvalue weighted by Crippen LogP contribution is -2.43. The van der Waals surface area contributed by atoms with Crippen LogP contribution in [0.4, 0.5) is 5.69 Å². The molecule has 0 aromatic heterocycles. The molecule has 0 unspecified atom stereocenters. The van der Waals surface area contributed by atoms with Crippen molar-refractivity contribution in [2.75, 3.05) is 77.5 Å². The molecule has 2 heterocycles. The average Bonchev–Trinajstić information content (AvgIpc) is 2.77. The summed E-state index contributed by atoms with van der Waals surface area (Å²) in [5, 5.41) is 3.09. The summed E-state index contributed by atoms with van der Waals surface area (Å²) in [5.74, 6) is 0.977. The maximum absolute atomic E-state index is 12.3. The van der Waals surface area contributed by atoms with Crippen molar-refractivity contribution < 1.29 is 9.53 Å². The van der Waals surface area contributed by atoms with Gasteiger partial charge in [0, 0.05) is 38.9 Å². The summed E-state index contributed by atoms with van der Waals surface area (Å²) >= 11 is 0. The fourth-order valence-electron chi connectivity index (χ4n) is 4.24. The molecule has 0 saturated carbocycles. The monoisotopic (exact) mass is 402 g/mol. The van der Waals surface area contributed by atoms with Crippen LogP contribution in [-0.4, -0.2) is 88.3 Å². The standard InChI is InChI=1S/C23H38N4O2/c1-25(22-6-3-2-4-7-22)12-5-11-24-23(28)20-27-14-9-21(10-15-27)8-13-26-16-18-29-19-17-26/h2-4,6-7,21H,5,8-20H2,1H3,(H,24,28). The number of hydrogen-bond donors (Lipinski definition) is 1. The molecule has 6 heteroatoms. The van der Waals surface area contributed by atoms with E-state index >= 15 is 0 Å². The van der Waals surface area contributed by atoms with E-state index in [9.17, 15) is 4.79 Å². The summed E-state index contributed by atoms with van der Waals surface area (Å²) in [7, 11) is 2.10. The summed E-state index contributed by atoms with van der Waals surface area (Å²) in [6.07, 6.45) is 4.69. The zero-order valence-electron chi connectivity index (χ0n) is 18.0. The largest absolute Gasteiger partial charge is 0.379 e. The number of carbonyl (C=O) groups excluding carboxylic acids is 1. The molecule has 0 atom stereocenters. The Morgan fingerprint density at radius 2 is 1.83 bits per heavy atom. The van der Waals surface area contributed by atoms with Crippen LogP contribution in [0.3, 0.4) is 0 Å². The predicted octanol–water partition coefficient (Wildman–Crippen LogP) is 2.06. The molecule has 0 radical (unpaired) electrons. The van der Waals surface area contributed by atoms with Crippen LogP contribution in [0.1, 0.15) is 25.7 Å². The fraction of sp³-hybridized carbons (Fsp3) is 0.696. The third-order valence-corrected chi connectivity index (χ3v) is 6.22. The second-order valence-corrected chi connectivity index (χ2v) is 8.42. The summed E-state index contributed by atoms with van der Waals surface area (Å²) in [5.41, 5.74) is 1.22. The van der Waals surface area contributed by atoms with E-state index in [4.69, 9.17) is 4.74 Å². The van der Waals surface area contributed by atoms with Crippen LogP contribution in [-0.2, 0) is 9.53 Å². The van der Waals surface area contributed by atoms with Gasteiger partial charge in [-0.3, -0.25) is 14.6 Å². The van der Waals surface area contributed by atoms with Crippen LogP contribution in [0.15, 0.2) is 30.3 Å². The molecule has 29 heavy (non-hydrogen) atoms. The average molecular weight is 403 g/mol. The quantitative estimate of drug-likeness (QED) is 0.607. The van der Waals surface area contributed by atoms with E-state index < -0.39 is 0 Å². The molecule has 2 aliphatic rings. The summed E-state index contributed by atoms with van der Waals surface area (Å²) in [6.45, 7) is 9.48. The van der Waals surface area contributed by atoms with Crippen molar-refractivity contribution in [3.05, 3.63) is 30.3 Å². The van der Waals surface area contributed by atoms with E-state index in [0.29, 0.717) is 6.54 Å². The van der Waals surface area contributed by atoms with Crippen molar-refractivity contribution in [2.45, 2.75) is 25.7 Å². The molecule has 1 amide bonds. The second kappa shape index (κ2) is 12.2. The van der Waals surface area contributed by atoms with Gasteiger partial charge in [0.25, 0.3) is 0 Å². The normalized spacial score (nSPS) is 19.2. The highest BCUT2D eigenvalue weighted by Gasteiger charge is 2.21. The van der Waals surface area contributed by atoms with Gasteiger partial charge in [0.1, 0.15) is 0 Å². The zero-order chi connectivity index (χ0) is 20.3. The van der Waals surface area contributed by atoms with Gasteiger partial charge in [-0.2, -0.15) is 0 Å². The molecule has 162 valence electrons. The molecule has 1 aromatic rings. The third kappa shape index (κ3) is 7.96. The molecule has 2 fully saturated rings. The van der Waals surface area contributed by atoms with Crippen LogP contribution in [0.5, 0.6) is 0 Å². The van der Waals surface area contributed by atoms with E-state index in [0.717, 1.165) is 64.8 Å². The first-order valence-corrected chi connectivity index (χ1v) is 11.3. The van der Waals surface area contributed by atoms with Gasteiger partial charge in [0.15, 0.2) is 0 Å². The van der Waals surface area contributed by atoms with Gasteiger partial charge in [-0.05, 0) is 63.4 Å². The molecule has 3 rings (SSSR count). The number of hydrogen-bond acceptors (Lipinski definition) is 5. The van der Waals surface area contributed by atoms with Crippen LogP contribution in [0.2, 0.25) is 0 Å². The second-order valence-electron chi connectivity index (χ2n) is 8.42. The number of carbonyl (C=O) groups is 1.